The largest absolute Gasteiger partial charge is 0.433 e. The molecule has 0 unspecified atom stereocenters. The summed E-state index contributed by atoms with van der Waals surface area (Å²) in [7, 11) is 0. The lowest BCUT2D eigenvalue weighted by molar-refractivity contribution is -0.141. The number of nitrogens with one attached hydrogen (secondary N) is 2. The van der Waals surface area contributed by atoms with Crippen LogP contribution >= 0.6 is 12.2 Å². The molecule has 0 bridgehead atoms. The van der Waals surface area contributed by atoms with Crippen molar-refractivity contribution in [1.82, 2.24) is 15.3 Å². The van der Waals surface area contributed by atoms with E-state index in [0.717, 1.165) is 12.5 Å². The Labute approximate surface area is 150 Å². The average Bonchev–Trinajstić information content (AvgIpc) is 2.51. The first kappa shape index (κ1) is 19.4. The number of hydrogen-bond acceptors (Lipinski definition) is 4. The number of hydrogen-bond donors (Lipinski definition) is 2. The van der Waals surface area contributed by atoms with E-state index >= 15 is 0 Å². The van der Waals surface area contributed by atoms with Gasteiger partial charge < -0.3 is 15.5 Å². The van der Waals surface area contributed by atoms with Crippen LogP contribution in [0.1, 0.15) is 26.0 Å². The van der Waals surface area contributed by atoms with E-state index in [1.54, 1.807) is 6.08 Å². The number of aromatic nitrogens is 2. The Kier molecular flexibility index (Phi) is 6.21. The van der Waals surface area contributed by atoms with Gasteiger partial charge in [-0.3, -0.25) is 0 Å². The zero-order valence-electron chi connectivity index (χ0n) is 14.2. The molecule has 1 fully saturated rings. The first-order valence-corrected chi connectivity index (χ1v) is 8.46. The number of thiocarbonyl (C=S) groups is 1. The Morgan fingerprint density at radius 1 is 1.36 bits per heavy atom. The monoisotopic (exact) mass is 373 g/mol. The van der Waals surface area contributed by atoms with E-state index in [-0.39, 0.29) is 16.9 Å². The highest BCUT2D eigenvalue weighted by atomic mass is 32.1. The Balaban J connectivity index is 2.30. The predicted octanol–water partition coefficient (Wildman–Crippen LogP) is 3.45. The summed E-state index contributed by atoms with van der Waals surface area (Å²) in [4.78, 5) is 9.67. The van der Waals surface area contributed by atoms with Crippen LogP contribution in [0.25, 0.3) is 0 Å². The molecule has 2 heterocycles. The van der Waals surface area contributed by atoms with Crippen molar-refractivity contribution in [2.24, 2.45) is 11.8 Å². The second-order valence-corrected chi connectivity index (χ2v) is 6.82. The molecule has 2 N–H and O–H groups in total. The van der Waals surface area contributed by atoms with Crippen molar-refractivity contribution in [2.75, 3.05) is 29.9 Å². The highest BCUT2D eigenvalue weighted by Gasteiger charge is 2.35. The van der Waals surface area contributed by atoms with Crippen molar-refractivity contribution < 1.29 is 13.2 Å². The smallest absolute Gasteiger partial charge is 0.359 e. The number of piperidine rings is 1. The Morgan fingerprint density at radius 3 is 2.56 bits per heavy atom. The fraction of sp³-hybridized carbons (Fsp3) is 0.562. The molecule has 1 saturated heterocycles. The maximum absolute atomic E-state index is 13.2. The molecule has 0 spiro atoms. The number of nitrogens with zero attached hydrogens (tertiary/aromatic N) is 3. The average molecular weight is 373 g/mol. The number of halogens is 3. The summed E-state index contributed by atoms with van der Waals surface area (Å²) in [6, 6.07) is 0.996. The molecule has 2 atom stereocenters. The van der Waals surface area contributed by atoms with Gasteiger partial charge in [-0.1, -0.05) is 19.9 Å². The maximum atomic E-state index is 13.2. The van der Waals surface area contributed by atoms with E-state index in [2.05, 4.69) is 41.0 Å². The zero-order valence-corrected chi connectivity index (χ0v) is 15.0. The molecule has 1 aromatic rings. The van der Waals surface area contributed by atoms with Crippen molar-refractivity contribution in [1.29, 1.82) is 0 Å². The van der Waals surface area contributed by atoms with E-state index in [9.17, 15) is 13.2 Å². The van der Waals surface area contributed by atoms with Crippen molar-refractivity contribution in [2.45, 2.75) is 26.4 Å². The normalized spacial score (nSPS) is 20.9. The van der Waals surface area contributed by atoms with Gasteiger partial charge >= 0.3 is 6.18 Å². The van der Waals surface area contributed by atoms with E-state index in [1.807, 2.05) is 4.90 Å². The predicted molar refractivity (Wildman–Crippen MR) is 96.6 cm³/mol. The molecule has 138 valence electrons. The number of rotatable bonds is 4. The van der Waals surface area contributed by atoms with Crippen molar-refractivity contribution in [3.05, 3.63) is 24.4 Å². The lowest BCUT2D eigenvalue weighted by Gasteiger charge is -2.36. The van der Waals surface area contributed by atoms with Crippen LogP contribution in [0.15, 0.2) is 18.7 Å². The Bertz CT molecular complexity index is 625. The summed E-state index contributed by atoms with van der Waals surface area (Å²) >= 11 is 5.03. The summed E-state index contributed by atoms with van der Waals surface area (Å²) in [6.45, 7) is 9.43. The van der Waals surface area contributed by atoms with Crippen LogP contribution in [0.5, 0.6) is 0 Å². The van der Waals surface area contributed by atoms with E-state index in [4.69, 9.17) is 12.2 Å². The third kappa shape index (κ3) is 5.55. The van der Waals surface area contributed by atoms with Gasteiger partial charge in [-0.05, 0) is 30.5 Å². The number of anilines is 2. The molecule has 0 saturated carbocycles. The quantitative estimate of drug-likeness (QED) is 0.623. The molecule has 1 aliphatic rings. The van der Waals surface area contributed by atoms with Gasteiger partial charge in [0.2, 0.25) is 5.95 Å². The van der Waals surface area contributed by atoms with Gasteiger partial charge in [-0.25, -0.2) is 4.98 Å². The molecule has 0 aliphatic carbocycles. The van der Waals surface area contributed by atoms with Crippen LogP contribution in [0, 0.1) is 11.8 Å². The van der Waals surface area contributed by atoms with Gasteiger partial charge in [0.25, 0.3) is 0 Å². The van der Waals surface area contributed by atoms with Gasteiger partial charge in [0.15, 0.2) is 10.8 Å². The fourth-order valence-corrected chi connectivity index (χ4v) is 3.13. The molecule has 2 rings (SSSR count). The lowest BCUT2D eigenvalue weighted by Crippen LogP contribution is -2.39. The summed E-state index contributed by atoms with van der Waals surface area (Å²) in [5.74, 6) is 0.867. The molecule has 0 amide bonds. The lowest BCUT2D eigenvalue weighted by atomic mass is 9.92. The molecular formula is C16H22F3N5S. The summed E-state index contributed by atoms with van der Waals surface area (Å²) < 4.78 is 39.6. The van der Waals surface area contributed by atoms with Gasteiger partial charge in [-0.15, -0.1) is 6.58 Å². The van der Waals surface area contributed by atoms with Crippen molar-refractivity contribution >= 4 is 29.1 Å². The molecule has 25 heavy (non-hydrogen) atoms. The van der Waals surface area contributed by atoms with E-state index < -0.39 is 11.9 Å². The molecule has 0 radical (unpaired) electrons. The molecule has 1 aliphatic heterocycles. The minimum absolute atomic E-state index is 0.144. The van der Waals surface area contributed by atoms with Gasteiger partial charge in [0.05, 0.1) is 0 Å². The van der Waals surface area contributed by atoms with Crippen LogP contribution in [0.3, 0.4) is 0 Å². The maximum Gasteiger partial charge on any atom is 0.433 e. The highest BCUT2D eigenvalue weighted by molar-refractivity contribution is 7.80. The third-order valence-corrected chi connectivity index (χ3v) is 4.07. The van der Waals surface area contributed by atoms with Gasteiger partial charge in [0, 0.05) is 25.7 Å². The second kappa shape index (κ2) is 7.99. The SMILES string of the molecule is C=CCNC(=S)Nc1nc(N2C[C@@H](C)C[C@H](C)C2)cc(C(F)(F)F)n1. The summed E-state index contributed by atoms with van der Waals surface area (Å²) in [5.41, 5.74) is -0.989. The van der Waals surface area contributed by atoms with Gasteiger partial charge in [-0.2, -0.15) is 18.2 Å². The molecule has 9 heteroatoms. The molecular weight excluding hydrogens is 351 g/mol. The fourth-order valence-electron chi connectivity index (χ4n) is 2.96. The Morgan fingerprint density at radius 2 is 2.00 bits per heavy atom. The highest BCUT2D eigenvalue weighted by Crippen LogP contribution is 2.32. The minimum atomic E-state index is -4.56. The first-order valence-electron chi connectivity index (χ1n) is 8.06. The zero-order chi connectivity index (χ0) is 18.6. The van der Waals surface area contributed by atoms with Crippen LogP contribution in [-0.4, -0.2) is 34.7 Å². The second-order valence-electron chi connectivity index (χ2n) is 6.41. The molecule has 5 nitrogen and oxygen atoms in total. The van der Waals surface area contributed by atoms with Crippen molar-refractivity contribution in [3.8, 4) is 0 Å². The summed E-state index contributed by atoms with van der Waals surface area (Å²) in [6.07, 6.45) is -1.92. The van der Waals surface area contributed by atoms with E-state index in [0.29, 0.717) is 31.5 Å². The Hall–Kier alpha value is -1.90. The van der Waals surface area contributed by atoms with Gasteiger partial charge in [0.1, 0.15) is 5.82 Å². The van der Waals surface area contributed by atoms with Crippen LogP contribution < -0.4 is 15.5 Å². The minimum Gasteiger partial charge on any atom is -0.359 e. The topological polar surface area (TPSA) is 53.1 Å². The van der Waals surface area contributed by atoms with Crippen molar-refractivity contribution in [3.63, 3.8) is 0 Å². The molecule has 1 aromatic heterocycles. The first-order chi connectivity index (χ1) is 11.7. The van der Waals surface area contributed by atoms with Crippen LogP contribution in [0.2, 0.25) is 0 Å². The van der Waals surface area contributed by atoms with E-state index in [1.165, 1.54) is 0 Å². The summed E-state index contributed by atoms with van der Waals surface area (Å²) in [5, 5.41) is 5.54. The standard InChI is InChI=1S/C16H22F3N5S/c1-4-5-20-15(25)23-14-21-12(16(17,18)19)7-13(22-14)24-8-10(2)6-11(3)9-24/h4,7,10-11H,1,5-6,8-9H2,2-3H3,(H2,20,21,22,23,25)/t10-,11-/m0/s1. The number of alkyl halides is 3. The third-order valence-electron chi connectivity index (χ3n) is 3.83. The van der Waals surface area contributed by atoms with Crippen LogP contribution in [-0.2, 0) is 6.18 Å². The molecule has 0 aromatic carbocycles. The van der Waals surface area contributed by atoms with Crippen LogP contribution in [0.4, 0.5) is 24.9 Å².